The van der Waals surface area contributed by atoms with Gasteiger partial charge in [0.05, 0.1) is 6.54 Å². The van der Waals surface area contributed by atoms with Crippen LogP contribution in [-0.4, -0.2) is 16.0 Å². The van der Waals surface area contributed by atoms with E-state index in [0.717, 1.165) is 16.9 Å². The highest BCUT2D eigenvalue weighted by atomic mass is 32.1. The van der Waals surface area contributed by atoms with Gasteiger partial charge in [-0.25, -0.2) is 0 Å². The molecule has 5 nitrogen and oxygen atoms in total. The van der Waals surface area contributed by atoms with Gasteiger partial charge in [-0.1, -0.05) is 12.1 Å². The predicted octanol–water partition coefficient (Wildman–Crippen LogP) is 3.29. The van der Waals surface area contributed by atoms with Crippen LogP contribution in [0.25, 0.3) is 11.3 Å². The Kier molecular flexibility index (Phi) is 4.29. The van der Waals surface area contributed by atoms with Crippen molar-refractivity contribution in [1.29, 1.82) is 0 Å². The number of amides is 1. The van der Waals surface area contributed by atoms with E-state index in [1.165, 1.54) is 4.88 Å². The van der Waals surface area contributed by atoms with Gasteiger partial charge in [0.1, 0.15) is 0 Å². The molecule has 0 unspecified atom stereocenters. The standard InChI is InChI=1S/C16H15N3O2S/c1-2-12-5-6-13(22-12)10-18-16(20)14-8-15(21-19-14)11-4-3-7-17-9-11/h3-9H,2,10H2,1H3,(H,18,20). The normalized spacial score (nSPS) is 10.6. The topological polar surface area (TPSA) is 68.0 Å². The van der Waals surface area contributed by atoms with Crippen molar-refractivity contribution in [3.63, 3.8) is 0 Å². The van der Waals surface area contributed by atoms with Crippen LogP contribution in [0.1, 0.15) is 27.2 Å². The predicted molar refractivity (Wildman–Crippen MR) is 84.6 cm³/mol. The lowest BCUT2D eigenvalue weighted by Gasteiger charge is -1.99. The smallest absolute Gasteiger partial charge is 0.273 e. The van der Waals surface area contributed by atoms with Crippen molar-refractivity contribution in [3.05, 3.63) is 58.2 Å². The van der Waals surface area contributed by atoms with E-state index in [9.17, 15) is 4.79 Å². The van der Waals surface area contributed by atoms with E-state index in [4.69, 9.17) is 4.52 Å². The third-order valence-corrected chi connectivity index (χ3v) is 4.41. The Morgan fingerprint density at radius 3 is 2.91 bits per heavy atom. The summed E-state index contributed by atoms with van der Waals surface area (Å²) in [6.07, 6.45) is 4.36. The lowest BCUT2D eigenvalue weighted by molar-refractivity contribution is 0.0942. The Morgan fingerprint density at radius 2 is 2.18 bits per heavy atom. The van der Waals surface area contributed by atoms with E-state index >= 15 is 0 Å². The molecule has 3 aromatic rings. The van der Waals surface area contributed by atoms with Gasteiger partial charge in [-0.3, -0.25) is 9.78 Å². The average Bonchev–Trinajstić information content (AvgIpc) is 3.22. The summed E-state index contributed by atoms with van der Waals surface area (Å²) in [5.41, 5.74) is 1.06. The fourth-order valence-electron chi connectivity index (χ4n) is 1.99. The fourth-order valence-corrected chi connectivity index (χ4v) is 2.89. The molecule has 0 spiro atoms. The van der Waals surface area contributed by atoms with Crippen molar-refractivity contribution in [3.8, 4) is 11.3 Å². The molecule has 3 rings (SSSR count). The highest BCUT2D eigenvalue weighted by Crippen LogP contribution is 2.19. The van der Waals surface area contributed by atoms with Crippen LogP contribution in [0.4, 0.5) is 0 Å². The van der Waals surface area contributed by atoms with Gasteiger partial charge in [0, 0.05) is 33.8 Å². The molecule has 3 aromatic heterocycles. The van der Waals surface area contributed by atoms with Gasteiger partial charge in [0.2, 0.25) is 0 Å². The second-order valence-electron chi connectivity index (χ2n) is 4.72. The average molecular weight is 313 g/mol. The zero-order valence-electron chi connectivity index (χ0n) is 12.1. The van der Waals surface area contributed by atoms with Gasteiger partial charge in [-0.2, -0.15) is 0 Å². The molecule has 0 aliphatic carbocycles. The van der Waals surface area contributed by atoms with Crippen LogP contribution in [0.5, 0.6) is 0 Å². The Morgan fingerprint density at radius 1 is 1.32 bits per heavy atom. The molecule has 1 N–H and O–H groups in total. The summed E-state index contributed by atoms with van der Waals surface area (Å²) in [5.74, 6) is 0.285. The molecule has 0 aromatic carbocycles. The molecule has 0 saturated carbocycles. The van der Waals surface area contributed by atoms with Crippen molar-refractivity contribution >= 4 is 17.2 Å². The number of aryl methyl sites for hydroxylation is 1. The van der Waals surface area contributed by atoms with Gasteiger partial charge in [0.25, 0.3) is 5.91 Å². The number of hydrogen-bond acceptors (Lipinski definition) is 5. The van der Waals surface area contributed by atoms with Gasteiger partial charge in [-0.15, -0.1) is 11.3 Å². The number of rotatable bonds is 5. The molecule has 3 heterocycles. The third-order valence-electron chi connectivity index (χ3n) is 3.18. The van der Waals surface area contributed by atoms with Gasteiger partial charge in [0.15, 0.2) is 11.5 Å². The zero-order chi connectivity index (χ0) is 15.4. The Labute approximate surface area is 132 Å². The maximum atomic E-state index is 12.1. The summed E-state index contributed by atoms with van der Waals surface area (Å²) >= 11 is 1.71. The van der Waals surface area contributed by atoms with E-state index in [2.05, 4.69) is 28.4 Å². The first kappa shape index (κ1) is 14.5. The monoisotopic (exact) mass is 313 g/mol. The summed E-state index contributed by atoms with van der Waals surface area (Å²) < 4.78 is 5.20. The molecule has 6 heteroatoms. The highest BCUT2D eigenvalue weighted by molar-refractivity contribution is 7.11. The first-order valence-corrected chi connectivity index (χ1v) is 7.81. The van der Waals surface area contributed by atoms with E-state index in [1.54, 1.807) is 35.9 Å². The molecule has 0 aliphatic rings. The number of hydrogen-bond donors (Lipinski definition) is 1. The van der Waals surface area contributed by atoms with Gasteiger partial charge >= 0.3 is 0 Å². The number of nitrogens with one attached hydrogen (secondary N) is 1. The zero-order valence-corrected chi connectivity index (χ0v) is 12.9. The third kappa shape index (κ3) is 3.23. The molecule has 112 valence electrons. The summed E-state index contributed by atoms with van der Waals surface area (Å²) in [6.45, 7) is 2.61. The van der Waals surface area contributed by atoms with Crippen LogP contribution < -0.4 is 5.32 Å². The molecular formula is C16H15N3O2S. The maximum Gasteiger partial charge on any atom is 0.273 e. The maximum absolute atomic E-state index is 12.1. The largest absolute Gasteiger partial charge is 0.355 e. The molecule has 1 amide bonds. The second kappa shape index (κ2) is 6.53. The lowest BCUT2D eigenvalue weighted by atomic mass is 10.2. The Balaban J connectivity index is 1.64. The number of carbonyl (C=O) groups is 1. The Hall–Kier alpha value is -2.47. The van der Waals surface area contributed by atoms with Crippen LogP contribution in [0, 0.1) is 0 Å². The van der Waals surface area contributed by atoms with Crippen LogP contribution in [0.3, 0.4) is 0 Å². The van der Waals surface area contributed by atoms with Crippen molar-refractivity contribution in [2.24, 2.45) is 0 Å². The lowest BCUT2D eigenvalue weighted by Crippen LogP contribution is -2.22. The molecule has 0 fully saturated rings. The highest BCUT2D eigenvalue weighted by Gasteiger charge is 2.13. The molecule has 0 atom stereocenters. The molecule has 0 bridgehead atoms. The first-order chi connectivity index (χ1) is 10.8. The van der Waals surface area contributed by atoms with E-state index in [1.807, 2.05) is 12.1 Å². The minimum atomic E-state index is -0.245. The van der Waals surface area contributed by atoms with E-state index in [-0.39, 0.29) is 11.6 Å². The molecular weight excluding hydrogens is 298 g/mol. The minimum Gasteiger partial charge on any atom is -0.355 e. The summed E-state index contributed by atoms with van der Waals surface area (Å²) in [6, 6.07) is 9.40. The molecule has 22 heavy (non-hydrogen) atoms. The summed E-state index contributed by atoms with van der Waals surface area (Å²) in [4.78, 5) is 18.5. The van der Waals surface area contributed by atoms with Crippen LogP contribution >= 0.6 is 11.3 Å². The summed E-state index contributed by atoms with van der Waals surface area (Å²) in [5, 5.41) is 6.67. The summed E-state index contributed by atoms with van der Waals surface area (Å²) in [7, 11) is 0. The van der Waals surface area contributed by atoms with Crippen LogP contribution in [-0.2, 0) is 13.0 Å². The molecule has 0 saturated heterocycles. The van der Waals surface area contributed by atoms with Crippen LogP contribution in [0.2, 0.25) is 0 Å². The number of thiophene rings is 1. The molecule has 0 aliphatic heterocycles. The number of nitrogens with zero attached hydrogens (tertiary/aromatic N) is 2. The van der Waals surface area contributed by atoms with Gasteiger partial charge in [-0.05, 0) is 30.7 Å². The number of carbonyl (C=O) groups excluding carboxylic acids is 1. The van der Waals surface area contributed by atoms with E-state index < -0.39 is 0 Å². The van der Waals surface area contributed by atoms with Crippen molar-refractivity contribution in [1.82, 2.24) is 15.5 Å². The SMILES string of the molecule is CCc1ccc(CNC(=O)c2cc(-c3cccnc3)on2)s1. The van der Waals surface area contributed by atoms with Crippen molar-refractivity contribution in [2.45, 2.75) is 19.9 Å². The van der Waals surface area contributed by atoms with Gasteiger partial charge < -0.3 is 9.84 Å². The Bertz CT molecular complexity index is 765. The van der Waals surface area contributed by atoms with Crippen molar-refractivity contribution in [2.75, 3.05) is 0 Å². The second-order valence-corrected chi connectivity index (χ2v) is 5.98. The number of aromatic nitrogens is 2. The number of pyridine rings is 1. The molecule has 0 radical (unpaired) electrons. The quantitative estimate of drug-likeness (QED) is 0.785. The first-order valence-electron chi connectivity index (χ1n) is 6.99. The van der Waals surface area contributed by atoms with Crippen molar-refractivity contribution < 1.29 is 9.32 Å². The minimum absolute atomic E-state index is 0.245. The van der Waals surface area contributed by atoms with Crippen LogP contribution in [0.15, 0.2) is 47.2 Å². The van der Waals surface area contributed by atoms with E-state index in [0.29, 0.717) is 12.3 Å². The fraction of sp³-hybridized carbons (Fsp3) is 0.188.